The van der Waals surface area contributed by atoms with Crippen molar-refractivity contribution < 1.29 is 9.53 Å². The summed E-state index contributed by atoms with van der Waals surface area (Å²) in [7, 11) is 0. The average molecular weight is 323 g/mol. The maximum absolute atomic E-state index is 12.5. The first-order valence-electron chi connectivity index (χ1n) is 8.79. The minimum Gasteiger partial charge on any atom is -0.443 e. The molecule has 0 spiro atoms. The highest BCUT2D eigenvalue weighted by atomic mass is 16.6. The summed E-state index contributed by atoms with van der Waals surface area (Å²) in [5, 5.41) is 1.01. The van der Waals surface area contributed by atoms with Crippen LogP contribution in [-0.4, -0.2) is 16.3 Å². The largest absolute Gasteiger partial charge is 0.443 e. The topological polar surface area (TPSA) is 31.2 Å². The molecule has 1 aromatic carbocycles. The minimum atomic E-state index is -0.517. The normalized spacial score (nSPS) is 15.8. The monoisotopic (exact) mass is 323 g/mol. The van der Waals surface area contributed by atoms with Gasteiger partial charge in [0.2, 0.25) is 0 Å². The molecule has 0 radical (unpaired) electrons. The van der Waals surface area contributed by atoms with E-state index in [9.17, 15) is 4.79 Å². The number of para-hydroxylation sites is 1. The predicted octanol–water partition coefficient (Wildman–Crippen LogP) is 5.36. The number of fused-ring (bicyclic) bond motifs is 1. The van der Waals surface area contributed by atoms with Crippen LogP contribution in [0.1, 0.15) is 58.4 Å². The van der Waals surface area contributed by atoms with Gasteiger partial charge < -0.3 is 4.74 Å². The molecule has 126 valence electrons. The molecule has 24 heavy (non-hydrogen) atoms. The van der Waals surface area contributed by atoms with E-state index >= 15 is 0 Å². The summed E-state index contributed by atoms with van der Waals surface area (Å²) in [5.41, 5.74) is 1.23. The molecule has 0 atom stereocenters. The van der Waals surface area contributed by atoms with Gasteiger partial charge in [-0.2, -0.15) is 0 Å². The summed E-state index contributed by atoms with van der Waals surface area (Å²) in [6.45, 7) is 5.63. The average Bonchev–Trinajstić information content (AvgIpc) is 2.91. The van der Waals surface area contributed by atoms with Crippen molar-refractivity contribution in [2.75, 3.05) is 0 Å². The van der Waals surface area contributed by atoms with Gasteiger partial charge in [0.25, 0.3) is 0 Å². The number of carbonyl (C=O) groups is 1. The highest BCUT2D eigenvalue weighted by Gasteiger charge is 2.20. The van der Waals surface area contributed by atoms with E-state index in [0.717, 1.165) is 16.5 Å². The van der Waals surface area contributed by atoms with Crippen LogP contribution in [0, 0.1) is 17.8 Å². The van der Waals surface area contributed by atoms with Crippen molar-refractivity contribution in [2.24, 2.45) is 5.92 Å². The first kappa shape index (κ1) is 16.6. The van der Waals surface area contributed by atoms with Crippen molar-refractivity contribution in [1.82, 2.24) is 4.57 Å². The number of aromatic nitrogens is 1. The second-order valence-electron chi connectivity index (χ2n) is 7.51. The SMILES string of the molecule is CC(C)(C)OC(=O)n1cc(C#CC2CCCCC2)c2ccccc21. The lowest BCUT2D eigenvalue weighted by molar-refractivity contribution is 0.0544. The maximum atomic E-state index is 12.5. The quantitative estimate of drug-likeness (QED) is 0.611. The smallest absolute Gasteiger partial charge is 0.419 e. The number of hydrogen-bond donors (Lipinski definition) is 0. The van der Waals surface area contributed by atoms with Gasteiger partial charge in [0.15, 0.2) is 0 Å². The molecule has 3 nitrogen and oxygen atoms in total. The van der Waals surface area contributed by atoms with Crippen molar-refractivity contribution in [3.05, 3.63) is 36.0 Å². The summed E-state index contributed by atoms with van der Waals surface area (Å²) in [4.78, 5) is 12.5. The number of carbonyl (C=O) groups excluding carboxylic acids is 1. The van der Waals surface area contributed by atoms with Crippen LogP contribution >= 0.6 is 0 Å². The number of hydrogen-bond acceptors (Lipinski definition) is 2. The fourth-order valence-electron chi connectivity index (χ4n) is 3.17. The Labute approximate surface area is 144 Å². The van der Waals surface area contributed by atoms with Gasteiger partial charge in [-0.1, -0.05) is 49.3 Å². The van der Waals surface area contributed by atoms with Gasteiger partial charge in [0.1, 0.15) is 5.60 Å². The predicted molar refractivity (Wildman–Crippen MR) is 97.0 cm³/mol. The Morgan fingerprint density at radius 1 is 1.17 bits per heavy atom. The Hall–Kier alpha value is -2.21. The molecule has 1 aliphatic rings. The van der Waals surface area contributed by atoms with Crippen LogP contribution in [0.5, 0.6) is 0 Å². The highest BCUT2D eigenvalue weighted by Crippen LogP contribution is 2.25. The summed E-state index contributed by atoms with van der Waals surface area (Å²) >= 11 is 0. The van der Waals surface area contributed by atoms with Gasteiger partial charge in [0.05, 0.1) is 11.1 Å². The van der Waals surface area contributed by atoms with Crippen LogP contribution in [0.25, 0.3) is 10.9 Å². The standard InChI is InChI=1S/C21H25NO2/c1-21(2,3)24-20(23)22-15-17(18-11-7-8-12-19(18)22)14-13-16-9-5-4-6-10-16/h7-8,11-12,15-16H,4-6,9-10H2,1-3H3. The molecule has 0 saturated heterocycles. The molecule has 0 amide bonds. The molecule has 1 aliphatic carbocycles. The Bertz CT molecular complexity index is 793. The van der Waals surface area contributed by atoms with Crippen LogP contribution in [0.2, 0.25) is 0 Å². The third kappa shape index (κ3) is 3.82. The van der Waals surface area contributed by atoms with Gasteiger partial charge in [-0.3, -0.25) is 4.57 Å². The Kier molecular flexibility index (Phi) is 4.66. The lowest BCUT2D eigenvalue weighted by Gasteiger charge is -2.19. The molecule has 0 aliphatic heterocycles. The van der Waals surface area contributed by atoms with E-state index in [1.807, 2.05) is 51.2 Å². The van der Waals surface area contributed by atoms with E-state index in [2.05, 4.69) is 11.8 Å². The van der Waals surface area contributed by atoms with E-state index in [0.29, 0.717) is 5.92 Å². The fourth-order valence-corrected chi connectivity index (χ4v) is 3.17. The van der Waals surface area contributed by atoms with Crippen LogP contribution in [0.15, 0.2) is 30.5 Å². The van der Waals surface area contributed by atoms with Crippen molar-refractivity contribution in [1.29, 1.82) is 0 Å². The number of nitrogens with zero attached hydrogens (tertiary/aromatic N) is 1. The van der Waals surface area contributed by atoms with E-state index in [1.54, 1.807) is 4.57 Å². The Balaban J connectivity index is 1.94. The number of benzene rings is 1. The van der Waals surface area contributed by atoms with E-state index < -0.39 is 5.60 Å². The second-order valence-corrected chi connectivity index (χ2v) is 7.51. The summed E-state index contributed by atoms with van der Waals surface area (Å²) in [5.74, 6) is 7.22. The molecule has 1 heterocycles. The molecule has 0 N–H and O–H groups in total. The molecule has 2 aromatic rings. The molecule has 1 saturated carbocycles. The lowest BCUT2D eigenvalue weighted by atomic mass is 9.90. The van der Waals surface area contributed by atoms with E-state index in [-0.39, 0.29) is 6.09 Å². The second kappa shape index (κ2) is 6.73. The molecule has 0 unspecified atom stereocenters. The summed E-state index contributed by atoms with van der Waals surface area (Å²) in [6, 6.07) is 7.86. The molecule has 0 bridgehead atoms. The third-order valence-electron chi connectivity index (χ3n) is 4.32. The van der Waals surface area contributed by atoms with Crippen molar-refractivity contribution >= 4 is 17.0 Å². The summed E-state index contributed by atoms with van der Waals surface area (Å²) < 4.78 is 7.09. The molecular weight excluding hydrogens is 298 g/mol. The van der Waals surface area contributed by atoms with Gasteiger partial charge in [-0.25, -0.2) is 4.79 Å². The number of rotatable bonds is 0. The lowest BCUT2D eigenvalue weighted by Crippen LogP contribution is -2.26. The molecule has 1 aromatic heterocycles. The molecule has 3 heteroatoms. The van der Waals surface area contributed by atoms with E-state index in [4.69, 9.17) is 4.74 Å². The first-order valence-corrected chi connectivity index (χ1v) is 8.79. The third-order valence-corrected chi connectivity index (χ3v) is 4.32. The van der Waals surface area contributed by atoms with E-state index in [1.165, 1.54) is 32.1 Å². The maximum Gasteiger partial charge on any atom is 0.419 e. The van der Waals surface area contributed by atoms with Crippen molar-refractivity contribution in [3.8, 4) is 11.8 Å². The minimum absolute atomic E-state index is 0.357. The number of ether oxygens (including phenoxy) is 1. The highest BCUT2D eigenvalue weighted by molar-refractivity contribution is 5.93. The van der Waals surface area contributed by atoms with Crippen LogP contribution in [0.4, 0.5) is 4.79 Å². The Morgan fingerprint density at radius 3 is 2.58 bits per heavy atom. The van der Waals surface area contributed by atoms with Gasteiger partial charge in [-0.05, 0) is 39.7 Å². The summed E-state index contributed by atoms with van der Waals surface area (Å²) in [6.07, 6.45) is 7.72. The van der Waals surface area contributed by atoms with Gasteiger partial charge in [0, 0.05) is 17.5 Å². The van der Waals surface area contributed by atoms with Crippen molar-refractivity contribution in [2.45, 2.75) is 58.5 Å². The van der Waals surface area contributed by atoms with Gasteiger partial charge >= 0.3 is 6.09 Å². The molecule has 3 rings (SSSR count). The fraction of sp³-hybridized carbons (Fsp3) is 0.476. The first-order chi connectivity index (χ1) is 11.4. The molecule has 1 fully saturated rings. The van der Waals surface area contributed by atoms with Crippen molar-refractivity contribution in [3.63, 3.8) is 0 Å². The van der Waals surface area contributed by atoms with Gasteiger partial charge in [-0.15, -0.1) is 0 Å². The zero-order valence-corrected chi connectivity index (χ0v) is 14.8. The Morgan fingerprint density at radius 2 is 1.88 bits per heavy atom. The van der Waals surface area contributed by atoms with Crippen LogP contribution < -0.4 is 0 Å². The zero-order chi connectivity index (χ0) is 17.2. The molecular formula is C21H25NO2. The van der Waals surface area contributed by atoms with Crippen LogP contribution in [-0.2, 0) is 4.74 Å². The van der Waals surface area contributed by atoms with Crippen LogP contribution in [0.3, 0.4) is 0 Å². The zero-order valence-electron chi connectivity index (χ0n) is 14.8.